The second-order valence-corrected chi connectivity index (χ2v) is 9.75. The molecule has 2 aromatic rings. The minimum absolute atomic E-state index is 0.0309. The van der Waals surface area contributed by atoms with Gasteiger partial charge in [-0.15, -0.1) is 0 Å². The van der Waals surface area contributed by atoms with Gasteiger partial charge in [0.05, 0.1) is 37.2 Å². The molecule has 2 aliphatic heterocycles. The highest BCUT2D eigenvalue weighted by atomic mass is 32.2. The number of cyclic esters (lactones) is 1. The fraction of sp³-hybridized carbons (Fsp3) is 0.364. The molecule has 2 aliphatic rings. The van der Waals surface area contributed by atoms with Crippen molar-refractivity contribution in [3.05, 3.63) is 53.6 Å². The number of carbonyl (C=O) groups excluding carboxylic acids is 2. The van der Waals surface area contributed by atoms with E-state index in [2.05, 4.69) is 4.18 Å². The van der Waals surface area contributed by atoms with E-state index in [1.165, 1.54) is 17.0 Å². The van der Waals surface area contributed by atoms with E-state index in [4.69, 9.17) is 9.57 Å². The maximum absolute atomic E-state index is 15.1. The standard InChI is InChI=1S/C22H23F2N3O8S/c1-36(31,32)34-13-15-12-26(22(30)35-15)14-10-17(23)20(18(24)11-14)25-6-7-27(33-9-8-25)21(29)16-4-2-3-5-19(16)28/h2-5,10-11,15,28H,6-9,12-13H2,1H3/t15-/m1/s1. The van der Waals surface area contributed by atoms with Crippen molar-refractivity contribution < 1.29 is 45.7 Å². The van der Waals surface area contributed by atoms with Gasteiger partial charge in [0.25, 0.3) is 16.0 Å². The number of hydroxylamine groups is 2. The average molecular weight is 528 g/mol. The van der Waals surface area contributed by atoms with Crippen molar-refractivity contribution in [3.63, 3.8) is 0 Å². The zero-order valence-electron chi connectivity index (χ0n) is 19.1. The Bertz CT molecular complexity index is 1250. The largest absolute Gasteiger partial charge is 0.507 e. The number of hydrogen-bond acceptors (Lipinski definition) is 9. The Hall–Kier alpha value is -3.49. The smallest absolute Gasteiger partial charge is 0.414 e. The summed E-state index contributed by atoms with van der Waals surface area (Å²) in [5.41, 5.74) is -0.433. The maximum atomic E-state index is 15.1. The van der Waals surface area contributed by atoms with Crippen LogP contribution < -0.4 is 9.80 Å². The summed E-state index contributed by atoms with van der Waals surface area (Å²) in [6, 6.07) is 7.88. The number of phenolic OH excluding ortho intramolecular Hbond substituents is 1. The molecule has 0 spiro atoms. The van der Waals surface area contributed by atoms with Gasteiger partial charge in [0.1, 0.15) is 24.1 Å². The van der Waals surface area contributed by atoms with Gasteiger partial charge >= 0.3 is 6.09 Å². The number of phenols is 1. The molecule has 1 N–H and O–H groups in total. The highest BCUT2D eigenvalue weighted by molar-refractivity contribution is 7.85. The number of benzene rings is 2. The molecule has 194 valence electrons. The molecule has 0 aliphatic carbocycles. The number of amides is 2. The number of anilines is 2. The number of aromatic hydroxyl groups is 1. The normalized spacial score (nSPS) is 18.8. The second-order valence-electron chi connectivity index (χ2n) is 8.11. The van der Waals surface area contributed by atoms with Crippen LogP contribution in [0.25, 0.3) is 0 Å². The molecule has 4 rings (SSSR count). The third-order valence-electron chi connectivity index (χ3n) is 5.51. The summed E-state index contributed by atoms with van der Waals surface area (Å²) < 4.78 is 62.1. The molecule has 1 atom stereocenters. The molecule has 0 saturated carbocycles. The Kier molecular flexibility index (Phi) is 7.28. The number of para-hydroxylation sites is 1. The number of nitrogens with zero attached hydrogens (tertiary/aromatic N) is 3. The first-order chi connectivity index (χ1) is 17.0. The lowest BCUT2D eigenvalue weighted by Crippen LogP contribution is -2.35. The van der Waals surface area contributed by atoms with Crippen molar-refractivity contribution in [1.29, 1.82) is 0 Å². The van der Waals surface area contributed by atoms with Crippen molar-refractivity contribution in [3.8, 4) is 5.75 Å². The van der Waals surface area contributed by atoms with Gasteiger partial charge in [-0.3, -0.25) is 18.7 Å². The van der Waals surface area contributed by atoms with Crippen molar-refractivity contribution in [2.75, 3.05) is 55.4 Å². The summed E-state index contributed by atoms with van der Waals surface area (Å²) in [5, 5.41) is 10.9. The van der Waals surface area contributed by atoms with E-state index in [0.717, 1.165) is 28.4 Å². The van der Waals surface area contributed by atoms with Crippen LogP contribution in [0.4, 0.5) is 25.0 Å². The van der Waals surface area contributed by atoms with Gasteiger partial charge in [0.15, 0.2) is 11.6 Å². The zero-order chi connectivity index (χ0) is 26.0. The highest BCUT2D eigenvalue weighted by Gasteiger charge is 2.35. The third-order valence-corrected chi connectivity index (χ3v) is 6.08. The lowest BCUT2D eigenvalue weighted by atomic mass is 10.2. The average Bonchev–Trinajstić information content (AvgIpc) is 3.02. The Morgan fingerprint density at radius 2 is 1.86 bits per heavy atom. The van der Waals surface area contributed by atoms with Crippen LogP contribution in [-0.2, 0) is 23.9 Å². The quantitative estimate of drug-likeness (QED) is 0.561. The van der Waals surface area contributed by atoms with Crippen LogP contribution in [-0.4, -0.2) is 82.3 Å². The fourth-order valence-corrected chi connectivity index (χ4v) is 4.25. The van der Waals surface area contributed by atoms with Gasteiger partial charge < -0.3 is 14.7 Å². The maximum Gasteiger partial charge on any atom is 0.414 e. The molecule has 11 nitrogen and oxygen atoms in total. The van der Waals surface area contributed by atoms with Gasteiger partial charge in [-0.1, -0.05) is 12.1 Å². The molecule has 0 aromatic heterocycles. The topological polar surface area (TPSA) is 126 Å². The summed E-state index contributed by atoms with van der Waals surface area (Å²) in [4.78, 5) is 32.7. The second kappa shape index (κ2) is 10.2. The predicted molar refractivity (Wildman–Crippen MR) is 122 cm³/mol. The molecule has 2 saturated heterocycles. The minimum atomic E-state index is -3.76. The number of hydrogen-bond donors (Lipinski definition) is 1. The van der Waals surface area contributed by atoms with Crippen LogP contribution >= 0.6 is 0 Å². The van der Waals surface area contributed by atoms with E-state index in [1.54, 1.807) is 12.1 Å². The van der Waals surface area contributed by atoms with E-state index in [9.17, 15) is 23.1 Å². The molecule has 0 bridgehead atoms. The molecule has 0 unspecified atom stereocenters. The van der Waals surface area contributed by atoms with Crippen LogP contribution in [0.15, 0.2) is 36.4 Å². The van der Waals surface area contributed by atoms with Crippen molar-refractivity contribution in [2.24, 2.45) is 0 Å². The Balaban J connectivity index is 1.46. The Morgan fingerprint density at radius 1 is 1.17 bits per heavy atom. The Labute approximate surface area is 205 Å². The first-order valence-electron chi connectivity index (χ1n) is 10.8. The van der Waals surface area contributed by atoms with Crippen molar-refractivity contribution in [2.45, 2.75) is 6.10 Å². The summed E-state index contributed by atoms with van der Waals surface area (Å²) in [6.07, 6.45) is -0.988. The molecule has 2 heterocycles. The van der Waals surface area contributed by atoms with Gasteiger partial charge in [-0.2, -0.15) is 8.42 Å². The molecule has 2 amide bonds. The lowest BCUT2D eigenvalue weighted by Gasteiger charge is -2.24. The SMILES string of the molecule is CS(=O)(=O)OC[C@H]1CN(c2cc(F)c(N3CCON(C(=O)c4ccccc4O)CC3)c(F)c2)C(=O)O1. The van der Waals surface area contributed by atoms with Crippen LogP contribution in [0.3, 0.4) is 0 Å². The first-order valence-corrected chi connectivity index (χ1v) is 12.6. The van der Waals surface area contributed by atoms with Gasteiger partial charge in [-0.05, 0) is 12.1 Å². The predicted octanol–water partition coefficient (Wildman–Crippen LogP) is 1.87. The van der Waals surface area contributed by atoms with E-state index >= 15 is 8.78 Å². The number of ether oxygens (including phenoxy) is 1. The molecule has 14 heteroatoms. The summed E-state index contributed by atoms with van der Waals surface area (Å²) in [6.45, 7) is -0.576. The first kappa shape index (κ1) is 25.6. The number of carbonyl (C=O) groups is 2. The van der Waals surface area contributed by atoms with Crippen LogP contribution in [0.2, 0.25) is 0 Å². The molecule has 2 fully saturated rings. The van der Waals surface area contributed by atoms with E-state index in [-0.39, 0.29) is 55.5 Å². The molecule has 0 radical (unpaired) electrons. The summed E-state index contributed by atoms with van der Waals surface area (Å²) in [5.74, 6) is -2.71. The van der Waals surface area contributed by atoms with E-state index in [0.29, 0.717) is 0 Å². The fourth-order valence-electron chi connectivity index (χ4n) is 3.85. The van der Waals surface area contributed by atoms with Gasteiger partial charge in [0.2, 0.25) is 0 Å². The van der Waals surface area contributed by atoms with E-state index in [1.807, 2.05) is 0 Å². The minimum Gasteiger partial charge on any atom is -0.507 e. The summed E-state index contributed by atoms with van der Waals surface area (Å²) in [7, 11) is -3.76. The van der Waals surface area contributed by atoms with Crippen LogP contribution in [0, 0.1) is 11.6 Å². The van der Waals surface area contributed by atoms with E-state index < -0.39 is 46.5 Å². The third kappa shape index (κ3) is 5.66. The molecular weight excluding hydrogens is 504 g/mol. The lowest BCUT2D eigenvalue weighted by molar-refractivity contribution is -0.111. The Morgan fingerprint density at radius 3 is 2.53 bits per heavy atom. The number of halogens is 2. The van der Waals surface area contributed by atoms with Crippen LogP contribution in [0.5, 0.6) is 5.75 Å². The highest BCUT2D eigenvalue weighted by Crippen LogP contribution is 2.31. The van der Waals surface area contributed by atoms with Gasteiger partial charge in [-0.25, -0.2) is 18.6 Å². The molecule has 2 aromatic carbocycles. The van der Waals surface area contributed by atoms with Crippen LogP contribution in [0.1, 0.15) is 10.4 Å². The monoisotopic (exact) mass is 527 g/mol. The molecule has 36 heavy (non-hydrogen) atoms. The van der Waals surface area contributed by atoms with Crippen molar-refractivity contribution >= 4 is 33.5 Å². The van der Waals surface area contributed by atoms with Gasteiger partial charge in [0, 0.05) is 25.2 Å². The molecular formula is C22H23F2N3O8S. The van der Waals surface area contributed by atoms with Crippen molar-refractivity contribution in [1.82, 2.24) is 5.06 Å². The zero-order valence-corrected chi connectivity index (χ0v) is 19.9. The summed E-state index contributed by atoms with van der Waals surface area (Å²) >= 11 is 0. The number of rotatable bonds is 6.